The molecule has 2 N–H and O–H groups in total. The van der Waals surface area contributed by atoms with Crippen molar-refractivity contribution in [3.8, 4) is 0 Å². The normalized spacial score (nSPS) is 24.4. The maximum absolute atomic E-state index is 11.3. The first-order valence-electron chi connectivity index (χ1n) is 4.79. The molecule has 1 fully saturated rings. The summed E-state index contributed by atoms with van der Waals surface area (Å²) in [7, 11) is 3.94. The van der Waals surface area contributed by atoms with Gasteiger partial charge in [-0.3, -0.25) is 4.79 Å². The van der Waals surface area contributed by atoms with Gasteiger partial charge in [0.25, 0.3) is 0 Å². The fourth-order valence-corrected chi connectivity index (χ4v) is 1.80. The number of nitrogens with zero attached hydrogens (tertiary/aromatic N) is 2. The molecule has 0 unspecified atom stereocenters. The minimum Gasteiger partial charge on any atom is -0.340 e. The molecule has 0 spiro atoms. The van der Waals surface area contributed by atoms with E-state index in [0.717, 1.165) is 19.5 Å². The third kappa shape index (κ3) is 2.67. The van der Waals surface area contributed by atoms with Gasteiger partial charge in [0.15, 0.2) is 0 Å². The average Bonchev–Trinajstić information content (AvgIpc) is 2.15. The lowest BCUT2D eigenvalue weighted by molar-refractivity contribution is -0.131. The summed E-state index contributed by atoms with van der Waals surface area (Å²) >= 11 is 0. The van der Waals surface area contributed by atoms with E-state index >= 15 is 0 Å². The molecule has 0 radical (unpaired) electrons. The maximum Gasteiger partial charge on any atom is 0.236 e. The maximum atomic E-state index is 11.3. The zero-order chi connectivity index (χ0) is 9.84. The molecule has 4 heteroatoms. The molecule has 0 aliphatic carbocycles. The average molecular weight is 185 g/mol. The standard InChI is InChI=1S/C9H19N3O/c1-11-5-3-4-8(7-11)12(2)9(13)6-10/h8H,3-7,10H2,1-2H3/t8-/m1/s1. The number of likely N-dealkylation sites (N-methyl/N-ethyl adjacent to an activating group) is 2. The van der Waals surface area contributed by atoms with Crippen LogP contribution in [0.3, 0.4) is 0 Å². The van der Waals surface area contributed by atoms with Crippen LogP contribution >= 0.6 is 0 Å². The van der Waals surface area contributed by atoms with E-state index in [0.29, 0.717) is 6.04 Å². The van der Waals surface area contributed by atoms with Crippen molar-refractivity contribution >= 4 is 5.91 Å². The van der Waals surface area contributed by atoms with Crippen molar-refractivity contribution in [3.05, 3.63) is 0 Å². The molecule has 0 saturated carbocycles. The summed E-state index contributed by atoms with van der Waals surface area (Å²) in [5, 5.41) is 0. The monoisotopic (exact) mass is 185 g/mol. The van der Waals surface area contributed by atoms with Crippen molar-refractivity contribution in [1.82, 2.24) is 9.80 Å². The first-order chi connectivity index (χ1) is 6.15. The van der Waals surface area contributed by atoms with Crippen molar-refractivity contribution in [1.29, 1.82) is 0 Å². The van der Waals surface area contributed by atoms with Gasteiger partial charge in [0, 0.05) is 19.6 Å². The van der Waals surface area contributed by atoms with Gasteiger partial charge in [-0.1, -0.05) is 0 Å². The summed E-state index contributed by atoms with van der Waals surface area (Å²) in [6.07, 6.45) is 2.27. The van der Waals surface area contributed by atoms with E-state index in [9.17, 15) is 4.79 Å². The Bertz CT molecular complexity index is 184. The molecule has 1 saturated heterocycles. The summed E-state index contributed by atoms with van der Waals surface area (Å²) < 4.78 is 0. The van der Waals surface area contributed by atoms with Crippen LogP contribution in [0.5, 0.6) is 0 Å². The van der Waals surface area contributed by atoms with E-state index in [1.54, 1.807) is 4.90 Å². The number of hydrogen-bond donors (Lipinski definition) is 1. The van der Waals surface area contributed by atoms with Crippen LogP contribution < -0.4 is 5.73 Å². The molecule has 1 rings (SSSR count). The lowest BCUT2D eigenvalue weighted by Crippen LogP contribution is -2.48. The van der Waals surface area contributed by atoms with Crippen LogP contribution in [0.4, 0.5) is 0 Å². The zero-order valence-electron chi connectivity index (χ0n) is 8.49. The van der Waals surface area contributed by atoms with Gasteiger partial charge in [-0.15, -0.1) is 0 Å². The van der Waals surface area contributed by atoms with Crippen LogP contribution in [0.1, 0.15) is 12.8 Å². The molecular weight excluding hydrogens is 166 g/mol. The van der Waals surface area contributed by atoms with Gasteiger partial charge < -0.3 is 15.5 Å². The first-order valence-corrected chi connectivity index (χ1v) is 4.79. The Morgan fingerprint density at radius 3 is 2.92 bits per heavy atom. The van der Waals surface area contributed by atoms with Crippen molar-refractivity contribution in [2.45, 2.75) is 18.9 Å². The molecule has 1 aliphatic rings. The predicted octanol–water partition coefficient (Wildman–Crippen LogP) is -0.502. The fraction of sp³-hybridized carbons (Fsp3) is 0.889. The number of piperidine rings is 1. The second-order valence-electron chi connectivity index (χ2n) is 3.77. The summed E-state index contributed by atoms with van der Waals surface area (Å²) in [5.41, 5.74) is 5.31. The molecule has 0 aromatic carbocycles. The van der Waals surface area contributed by atoms with Crippen molar-refractivity contribution in [3.63, 3.8) is 0 Å². The molecule has 13 heavy (non-hydrogen) atoms. The van der Waals surface area contributed by atoms with Gasteiger partial charge >= 0.3 is 0 Å². The van der Waals surface area contributed by atoms with Crippen LogP contribution in [0.2, 0.25) is 0 Å². The Balaban J connectivity index is 2.45. The Morgan fingerprint density at radius 1 is 1.69 bits per heavy atom. The van der Waals surface area contributed by atoms with Crippen molar-refractivity contribution in [2.75, 3.05) is 33.7 Å². The van der Waals surface area contributed by atoms with Crippen molar-refractivity contribution in [2.24, 2.45) is 5.73 Å². The van der Waals surface area contributed by atoms with Gasteiger partial charge in [0.2, 0.25) is 5.91 Å². The molecule has 0 bridgehead atoms. The lowest BCUT2D eigenvalue weighted by atomic mass is 10.1. The molecule has 0 aromatic rings. The van der Waals surface area contributed by atoms with Gasteiger partial charge in [0.05, 0.1) is 6.54 Å². The minimum absolute atomic E-state index is 0.0419. The van der Waals surface area contributed by atoms with E-state index in [4.69, 9.17) is 5.73 Å². The molecule has 1 heterocycles. The Morgan fingerprint density at radius 2 is 2.38 bits per heavy atom. The molecule has 1 atom stereocenters. The predicted molar refractivity (Wildman–Crippen MR) is 52.3 cm³/mol. The SMILES string of the molecule is CN1CCC[C@@H](N(C)C(=O)CN)C1. The number of amides is 1. The zero-order valence-corrected chi connectivity index (χ0v) is 8.49. The summed E-state index contributed by atoms with van der Waals surface area (Å²) in [6, 6.07) is 0.356. The van der Waals surface area contributed by atoms with Crippen molar-refractivity contribution < 1.29 is 4.79 Å². The fourth-order valence-electron chi connectivity index (χ4n) is 1.80. The molecule has 0 aromatic heterocycles. The third-order valence-electron chi connectivity index (χ3n) is 2.72. The van der Waals surface area contributed by atoms with E-state index < -0.39 is 0 Å². The van der Waals surface area contributed by atoms with E-state index in [-0.39, 0.29) is 12.5 Å². The van der Waals surface area contributed by atoms with Gasteiger partial charge in [-0.25, -0.2) is 0 Å². The summed E-state index contributed by atoms with van der Waals surface area (Å²) in [4.78, 5) is 15.3. The Hall–Kier alpha value is -0.610. The first kappa shape index (κ1) is 10.5. The highest BCUT2D eigenvalue weighted by molar-refractivity contribution is 5.78. The second-order valence-corrected chi connectivity index (χ2v) is 3.77. The quantitative estimate of drug-likeness (QED) is 0.631. The van der Waals surface area contributed by atoms with Gasteiger partial charge in [-0.05, 0) is 26.4 Å². The molecule has 76 valence electrons. The van der Waals surface area contributed by atoms with Crippen LogP contribution in [0, 0.1) is 0 Å². The largest absolute Gasteiger partial charge is 0.340 e. The van der Waals surface area contributed by atoms with E-state index in [2.05, 4.69) is 11.9 Å². The molecule has 4 nitrogen and oxygen atoms in total. The van der Waals surface area contributed by atoms with E-state index in [1.807, 2.05) is 7.05 Å². The summed E-state index contributed by atoms with van der Waals surface area (Å²) in [5.74, 6) is 0.0419. The number of rotatable bonds is 2. The smallest absolute Gasteiger partial charge is 0.236 e. The highest BCUT2D eigenvalue weighted by atomic mass is 16.2. The number of carbonyl (C=O) groups excluding carboxylic acids is 1. The topological polar surface area (TPSA) is 49.6 Å². The molecular formula is C9H19N3O. The molecule has 1 aliphatic heterocycles. The number of nitrogens with two attached hydrogens (primary N) is 1. The second kappa shape index (κ2) is 4.58. The third-order valence-corrected chi connectivity index (χ3v) is 2.72. The van der Waals surface area contributed by atoms with E-state index in [1.165, 1.54) is 6.42 Å². The van der Waals surface area contributed by atoms with Crippen LogP contribution in [0.25, 0.3) is 0 Å². The highest BCUT2D eigenvalue weighted by Crippen LogP contribution is 2.12. The van der Waals surface area contributed by atoms with Gasteiger partial charge in [0.1, 0.15) is 0 Å². The Labute approximate surface area is 79.7 Å². The molecule has 1 amide bonds. The summed E-state index contributed by atoms with van der Waals surface area (Å²) in [6.45, 7) is 2.24. The van der Waals surface area contributed by atoms with Crippen LogP contribution in [0.15, 0.2) is 0 Å². The van der Waals surface area contributed by atoms with Crippen LogP contribution in [-0.4, -0.2) is 55.5 Å². The van der Waals surface area contributed by atoms with Gasteiger partial charge in [-0.2, -0.15) is 0 Å². The number of hydrogen-bond acceptors (Lipinski definition) is 3. The minimum atomic E-state index is 0.0419. The number of likely N-dealkylation sites (tertiary alicyclic amines) is 1. The number of carbonyl (C=O) groups is 1. The highest BCUT2D eigenvalue weighted by Gasteiger charge is 2.23. The Kier molecular flexibility index (Phi) is 3.69. The van der Waals surface area contributed by atoms with Crippen LogP contribution in [-0.2, 0) is 4.79 Å². The lowest BCUT2D eigenvalue weighted by Gasteiger charge is -2.35.